The van der Waals surface area contributed by atoms with Crippen LogP contribution in [-0.4, -0.2) is 151 Å². The summed E-state index contributed by atoms with van der Waals surface area (Å²) in [5.41, 5.74) is 12.0. The maximum Gasteiger partial charge on any atom is 0.163 e. The Bertz CT molecular complexity index is 746. The van der Waals surface area contributed by atoms with Gasteiger partial charge < -0.3 is 68.3 Å². The molecular weight excluding hydrogens is 568 g/mol. The fourth-order valence-corrected chi connectivity index (χ4v) is 3.49. The number of ether oxygens (including phenoxy) is 12. The van der Waals surface area contributed by atoms with Gasteiger partial charge in [0.15, 0.2) is 11.5 Å². The van der Waals surface area contributed by atoms with Crippen molar-refractivity contribution in [3.8, 4) is 11.5 Å². The van der Waals surface area contributed by atoms with E-state index in [1.165, 1.54) is 0 Å². The van der Waals surface area contributed by atoms with Crippen LogP contribution in [0.5, 0.6) is 11.5 Å². The Kier molecular flexibility index (Phi) is 24.1. The van der Waals surface area contributed by atoms with Crippen molar-refractivity contribution < 1.29 is 56.8 Å². The van der Waals surface area contributed by atoms with E-state index in [0.717, 1.165) is 0 Å². The summed E-state index contributed by atoms with van der Waals surface area (Å²) in [6, 6.07) is 5.31. The molecule has 2 aliphatic heterocycles. The van der Waals surface area contributed by atoms with Gasteiger partial charge in [0.1, 0.15) is 13.2 Å². The third kappa shape index (κ3) is 21.5. The fourth-order valence-electron chi connectivity index (χ4n) is 3.49. The predicted molar refractivity (Wildman–Crippen MR) is 158 cm³/mol. The van der Waals surface area contributed by atoms with Gasteiger partial charge in [0.05, 0.1) is 132 Å². The van der Waals surface area contributed by atoms with Crippen LogP contribution in [0.4, 0.5) is 5.69 Å². The highest BCUT2D eigenvalue weighted by Gasteiger charge is 2.08. The van der Waals surface area contributed by atoms with Crippen LogP contribution in [0.3, 0.4) is 0 Å². The predicted octanol–water partition coefficient (Wildman–Crippen LogP) is 0.533. The van der Waals surface area contributed by atoms with Crippen LogP contribution in [0.2, 0.25) is 0 Å². The summed E-state index contributed by atoms with van der Waals surface area (Å²) < 4.78 is 65.5. The van der Waals surface area contributed by atoms with Crippen molar-refractivity contribution in [3.63, 3.8) is 0 Å². The van der Waals surface area contributed by atoms with Gasteiger partial charge in [0.25, 0.3) is 0 Å². The third-order valence-electron chi connectivity index (χ3n) is 5.69. The smallest absolute Gasteiger partial charge is 0.163 e. The maximum atomic E-state index is 5.79. The summed E-state index contributed by atoms with van der Waals surface area (Å²) in [7, 11) is 0. The molecule has 3 rings (SSSR count). The SMILES string of the molecule is NCC1COCCOCCOCCOCCOCCO1.Nc1ccc2c(c1)OCCOCCOCCOCCOCCO2. The largest absolute Gasteiger partial charge is 0.487 e. The summed E-state index contributed by atoms with van der Waals surface area (Å²) in [5, 5.41) is 0. The summed E-state index contributed by atoms with van der Waals surface area (Å²) >= 11 is 0. The maximum absolute atomic E-state index is 5.79. The van der Waals surface area contributed by atoms with Crippen molar-refractivity contribution in [1.29, 1.82) is 0 Å². The van der Waals surface area contributed by atoms with Gasteiger partial charge >= 0.3 is 0 Å². The van der Waals surface area contributed by atoms with Crippen LogP contribution in [0, 0.1) is 0 Å². The molecule has 0 aliphatic carbocycles. The van der Waals surface area contributed by atoms with E-state index in [9.17, 15) is 0 Å². The molecule has 0 aromatic heterocycles. The van der Waals surface area contributed by atoms with Crippen LogP contribution in [0.1, 0.15) is 0 Å². The van der Waals surface area contributed by atoms with Crippen molar-refractivity contribution in [2.45, 2.75) is 6.10 Å². The normalized spacial score (nSPS) is 22.8. The molecule has 1 fully saturated rings. The standard InChI is InChI=1S/C16H25NO6.C13H27NO6/c17-14-1-2-15-16(13-14)23-12-10-21-8-6-19-4-3-18-5-7-20-9-11-22-15;14-11-13-12-19-8-7-17-4-3-15-1-2-16-5-6-18-9-10-20-13/h1-2,13H,3-12,17H2;13H,1-12,14H2. The van der Waals surface area contributed by atoms with Gasteiger partial charge in [-0.25, -0.2) is 0 Å². The molecule has 0 bridgehead atoms. The molecule has 0 radical (unpaired) electrons. The molecule has 0 amide bonds. The second-order valence-electron chi connectivity index (χ2n) is 9.11. The van der Waals surface area contributed by atoms with E-state index in [1.54, 1.807) is 18.2 Å². The Morgan fingerprint density at radius 3 is 1.28 bits per heavy atom. The zero-order chi connectivity index (χ0) is 30.5. The molecule has 1 aromatic rings. The summed E-state index contributed by atoms with van der Waals surface area (Å²) in [4.78, 5) is 0. The minimum atomic E-state index is -0.0999. The number of hydrogen-bond donors (Lipinski definition) is 2. The van der Waals surface area contributed by atoms with Crippen molar-refractivity contribution in [2.24, 2.45) is 5.73 Å². The topological polar surface area (TPSA) is 163 Å². The molecule has 14 nitrogen and oxygen atoms in total. The van der Waals surface area contributed by atoms with Crippen LogP contribution >= 0.6 is 0 Å². The van der Waals surface area contributed by atoms with E-state index in [2.05, 4.69) is 0 Å². The molecule has 2 aliphatic rings. The number of anilines is 1. The lowest BCUT2D eigenvalue weighted by atomic mass is 10.3. The minimum Gasteiger partial charge on any atom is -0.487 e. The number of rotatable bonds is 1. The first-order chi connectivity index (χ1) is 21.3. The molecule has 1 atom stereocenters. The molecule has 1 saturated heterocycles. The Morgan fingerprint density at radius 2 is 0.837 bits per heavy atom. The second kappa shape index (κ2) is 27.7. The van der Waals surface area contributed by atoms with Gasteiger partial charge in [-0.1, -0.05) is 0 Å². The number of nitrogens with two attached hydrogens (primary N) is 2. The minimum absolute atomic E-state index is 0.0999. The quantitative estimate of drug-likeness (QED) is 0.418. The Hall–Kier alpha value is -1.82. The fraction of sp³-hybridized carbons (Fsp3) is 0.793. The molecule has 43 heavy (non-hydrogen) atoms. The highest BCUT2D eigenvalue weighted by atomic mass is 16.6. The molecule has 1 aromatic carbocycles. The van der Waals surface area contributed by atoms with E-state index in [0.29, 0.717) is 162 Å². The van der Waals surface area contributed by atoms with Crippen LogP contribution in [0.15, 0.2) is 18.2 Å². The monoisotopic (exact) mass is 620 g/mol. The first kappa shape index (κ1) is 37.4. The Morgan fingerprint density at radius 1 is 0.465 bits per heavy atom. The van der Waals surface area contributed by atoms with Crippen molar-refractivity contribution >= 4 is 5.69 Å². The van der Waals surface area contributed by atoms with Gasteiger partial charge in [0, 0.05) is 18.3 Å². The third-order valence-corrected chi connectivity index (χ3v) is 5.69. The average Bonchev–Trinajstić information content (AvgIpc) is 3.01. The average molecular weight is 621 g/mol. The number of fused-ring (bicyclic) bond motifs is 1. The lowest BCUT2D eigenvalue weighted by molar-refractivity contribution is -0.0574. The van der Waals surface area contributed by atoms with Gasteiger partial charge in [0.2, 0.25) is 0 Å². The molecule has 0 spiro atoms. The first-order valence-electron chi connectivity index (χ1n) is 15.0. The molecule has 1 unspecified atom stereocenters. The van der Waals surface area contributed by atoms with Crippen LogP contribution < -0.4 is 20.9 Å². The lowest BCUT2D eigenvalue weighted by Crippen LogP contribution is -2.30. The van der Waals surface area contributed by atoms with E-state index < -0.39 is 0 Å². The second-order valence-corrected chi connectivity index (χ2v) is 9.11. The zero-order valence-electron chi connectivity index (χ0n) is 25.4. The molecular formula is C29H52N2O12. The van der Waals surface area contributed by atoms with Crippen molar-refractivity contribution in [3.05, 3.63) is 18.2 Å². The lowest BCUT2D eigenvalue weighted by Gasteiger charge is -2.16. The van der Waals surface area contributed by atoms with Crippen LogP contribution in [-0.2, 0) is 47.4 Å². The highest BCUT2D eigenvalue weighted by Crippen LogP contribution is 2.29. The molecule has 250 valence electrons. The summed E-state index contributed by atoms with van der Waals surface area (Å²) in [5.74, 6) is 1.25. The van der Waals surface area contributed by atoms with Crippen LogP contribution in [0.25, 0.3) is 0 Å². The molecule has 2 heterocycles. The summed E-state index contributed by atoms with van der Waals surface area (Å²) in [6.45, 7) is 11.4. The van der Waals surface area contributed by atoms with Gasteiger partial charge in [-0.2, -0.15) is 0 Å². The highest BCUT2D eigenvalue weighted by molar-refractivity contribution is 5.51. The molecule has 14 heteroatoms. The first-order valence-corrected chi connectivity index (χ1v) is 15.0. The van der Waals surface area contributed by atoms with Gasteiger partial charge in [-0.15, -0.1) is 0 Å². The van der Waals surface area contributed by atoms with Gasteiger partial charge in [-0.05, 0) is 12.1 Å². The Labute approximate surface area is 255 Å². The van der Waals surface area contributed by atoms with E-state index in [1.807, 2.05) is 0 Å². The van der Waals surface area contributed by atoms with Crippen molar-refractivity contribution in [2.75, 3.05) is 151 Å². The zero-order valence-corrected chi connectivity index (χ0v) is 25.4. The molecule has 0 saturated carbocycles. The molecule has 4 N–H and O–H groups in total. The van der Waals surface area contributed by atoms with E-state index in [-0.39, 0.29) is 6.10 Å². The Balaban J connectivity index is 0.000000304. The number of benzene rings is 1. The number of hydrogen-bond acceptors (Lipinski definition) is 14. The van der Waals surface area contributed by atoms with Crippen molar-refractivity contribution in [1.82, 2.24) is 0 Å². The van der Waals surface area contributed by atoms with E-state index >= 15 is 0 Å². The van der Waals surface area contributed by atoms with E-state index in [4.69, 9.17) is 68.3 Å². The van der Waals surface area contributed by atoms with Gasteiger partial charge in [-0.3, -0.25) is 0 Å². The number of nitrogen functional groups attached to an aromatic ring is 1. The summed E-state index contributed by atoms with van der Waals surface area (Å²) in [6.07, 6.45) is -0.0999.